The molecule has 2 heterocycles. The first-order valence-electron chi connectivity index (χ1n) is 10.1. The predicted octanol–water partition coefficient (Wildman–Crippen LogP) is 4.18. The van der Waals surface area contributed by atoms with Crippen LogP contribution in [0.4, 0.5) is 0 Å². The number of allylic oxidation sites excluding steroid dienone is 2. The molecule has 0 aromatic heterocycles. The number of rotatable bonds is 2. The Balaban J connectivity index is 1.50. The lowest BCUT2D eigenvalue weighted by atomic mass is 9.59. The van der Waals surface area contributed by atoms with E-state index in [1.165, 1.54) is 32.1 Å². The number of fused-ring (bicyclic) bond motifs is 2. The van der Waals surface area contributed by atoms with Gasteiger partial charge in [-0.15, -0.1) is 0 Å². The van der Waals surface area contributed by atoms with Crippen molar-refractivity contribution < 1.29 is 9.53 Å². The van der Waals surface area contributed by atoms with Crippen LogP contribution in [0, 0.1) is 23.2 Å². The summed E-state index contributed by atoms with van der Waals surface area (Å²) in [5, 5.41) is 0. The molecule has 0 N–H and O–H groups in total. The largest absolute Gasteiger partial charge is 0.462 e. The molecule has 3 heteroatoms. The molecule has 0 unspecified atom stereocenters. The number of hydrogen-bond acceptors (Lipinski definition) is 3. The number of ether oxygens (including phenoxy) is 1. The van der Waals surface area contributed by atoms with E-state index in [1.54, 1.807) is 11.1 Å². The maximum absolute atomic E-state index is 12.6. The Labute approximate surface area is 146 Å². The fourth-order valence-corrected chi connectivity index (χ4v) is 5.84. The van der Waals surface area contributed by atoms with Gasteiger partial charge < -0.3 is 9.64 Å². The van der Waals surface area contributed by atoms with Crippen LogP contribution in [-0.2, 0) is 9.53 Å². The molecule has 0 bridgehead atoms. The Kier molecular flexibility index (Phi) is 4.27. The predicted molar refractivity (Wildman–Crippen MR) is 95.6 cm³/mol. The average molecular weight is 332 g/mol. The zero-order chi connectivity index (χ0) is 16.9. The molecule has 2 aliphatic heterocycles. The Morgan fingerprint density at radius 3 is 2.79 bits per heavy atom. The molecule has 0 radical (unpaired) electrons. The van der Waals surface area contributed by atoms with E-state index in [2.05, 4.69) is 25.7 Å². The van der Waals surface area contributed by atoms with Gasteiger partial charge in [0.25, 0.3) is 0 Å². The van der Waals surface area contributed by atoms with Crippen molar-refractivity contribution in [2.75, 3.05) is 19.6 Å². The Morgan fingerprint density at radius 1 is 1.29 bits per heavy atom. The van der Waals surface area contributed by atoms with Crippen LogP contribution in [-0.4, -0.2) is 36.6 Å². The zero-order valence-electron chi connectivity index (χ0n) is 15.6. The molecular formula is C21H33NO2. The topological polar surface area (TPSA) is 29.5 Å². The molecule has 0 spiro atoms. The van der Waals surface area contributed by atoms with Crippen LogP contribution >= 0.6 is 0 Å². The highest BCUT2D eigenvalue weighted by Gasteiger charge is 2.53. The van der Waals surface area contributed by atoms with Gasteiger partial charge in [-0.2, -0.15) is 0 Å². The monoisotopic (exact) mass is 331 g/mol. The van der Waals surface area contributed by atoms with Gasteiger partial charge in [-0.25, -0.2) is 0 Å². The second-order valence-electron chi connectivity index (χ2n) is 9.31. The molecule has 4 rings (SSSR count). The van der Waals surface area contributed by atoms with E-state index in [1.807, 2.05) is 0 Å². The number of carbonyl (C=O) groups excluding carboxylic acids is 1. The van der Waals surface area contributed by atoms with Crippen molar-refractivity contribution in [1.29, 1.82) is 0 Å². The molecular weight excluding hydrogens is 298 g/mol. The van der Waals surface area contributed by atoms with Gasteiger partial charge >= 0.3 is 5.97 Å². The Bertz CT molecular complexity index is 546. The maximum Gasteiger partial charge on any atom is 0.310 e. The number of carbonyl (C=O) groups is 1. The molecule has 4 aliphatic rings. The highest BCUT2D eigenvalue weighted by atomic mass is 16.6. The molecule has 3 fully saturated rings. The lowest BCUT2D eigenvalue weighted by Gasteiger charge is -2.46. The van der Waals surface area contributed by atoms with Gasteiger partial charge in [-0.1, -0.05) is 25.0 Å². The summed E-state index contributed by atoms with van der Waals surface area (Å²) in [7, 11) is 0. The molecule has 3 nitrogen and oxygen atoms in total. The molecule has 2 saturated heterocycles. The van der Waals surface area contributed by atoms with E-state index >= 15 is 0 Å². The molecule has 4 atom stereocenters. The molecule has 0 amide bonds. The van der Waals surface area contributed by atoms with Gasteiger partial charge in [-0.05, 0) is 76.3 Å². The fourth-order valence-electron chi connectivity index (χ4n) is 5.84. The van der Waals surface area contributed by atoms with Crippen molar-refractivity contribution in [2.24, 2.45) is 23.2 Å². The first kappa shape index (κ1) is 16.6. The summed E-state index contributed by atoms with van der Waals surface area (Å²) in [5.74, 6) is 1.46. The first-order chi connectivity index (χ1) is 11.5. The van der Waals surface area contributed by atoms with E-state index in [0.717, 1.165) is 38.4 Å². The third-order valence-electron chi connectivity index (χ3n) is 7.51. The summed E-state index contributed by atoms with van der Waals surface area (Å²) in [6, 6.07) is 0. The number of nitrogens with zero attached hydrogens (tertiary/aromatic N) is 1. The zero-order valence-corrected chi connectivity index (χ0v) is 15.6. The second kappa shape index (κ2) is 6.16. The van der Waals surface area contributed by atoms with Gasteiger partial charge in [-0.3, -0.25) is 4.79 Å². The molecule has 2 aliphatic carbocycles. The van der Waals surface area contributed by atoms with Crippen LogP contribution in [0.15, 0.2) is 11.1 Å². The van der Waals surface area contributed by atoms with E-state index in [0.29, 0.717) is 11.3 Å². The van der Waals surface area contributed by atoms with Crippen LogP contribution in [0.25, 0.3) is 0 Å². The SMILES string of the molecule is CC1=C2C[C@H]3[C@H](C[C@]2(C)CCC1)OC(=O)[C@H]3CN1CCC(C)CC1. The summed E-state index contributed by atoms with van der Waals surface area (Å²) in [5.41, 5.74) is 3.57. The molecule has 0 aromatic carbocycles. The average Bonchev–Trinajstić information content (AvgIpc) is 2.82. The van der Waals surface area contributed by atoms with Gasteiger partial charge in [0.1, 0.15) is 6.10 Å². The van der Waals surface area contributed by atoms with Crippen molar-refractivity contribution in [3.63, 3.8) is 0 Å². The summed E-state index contributed by atoms with van der Waals surface area (Å²) in [6.45, 7) is 10.3. The van der Waals surface area contributed by atoms with Crippen molar-refractivity contribution in [1.82, 2.24) is 4.90 Å². The molecule has 24 heavy (non-hydrogen) atoms. The molecule has 1 saturated carbocycles. The van der Waals surface area contributed by atoms with Gasteiger partial charge in [0, 0.05) is 12.5 Å². The highest BCUT2D eigenvalue weighted by Crippen LogP contribution is 2.55. The van der Waals surface area contributed by atoms with Crippen molar-refractivity contribution >= 4 is 5.97 Å². The molecule has 0 aromatic rings. The van der Waals surface area contributed by atoms with Crippen molar-refractivity contribution in [3.05, 3.63) is 11.1 Å². The fraction of sp³-hybridized carbons (Fsp3) is 0.857. The summed E-state index contributed by atoms with van der Waals surface area (Å²) in [6.07, 6.45) is 8.71. The number of hydrogen-bond donors (Lipinski definition) is 0. The van der Waals surface area contributed by atoms with Crippen LogP contribution < -0.4 is 0 Å². The summed E-state index contributed by atoms with van der Waals surface area (Å²) >= 11 is 0. The minimum absolute atomic E-state index is 0.0871. The summed E-state index contributed by atoms with van der Waals surface area (Å²) in [4.78, 5) is 15.1. The van der Waals surface area contributed by atoms with Crippen LogP contribution in [0.1, 0.15) is 65.7 Å². The lowest BCUT2D eigenvalue weighted by Crippen LogP contribution is -2.43. The van der Waals surface area contributed by atoms with Crippen molar-refractivity contribution in [3.8, 4) is 0 Å². The Hall–Kier alpha value is -0.830. The van der Waals surface area contributed by atoms with Gasteiger partial charge in [0.2, 0.25) is 0 Å². The standard InChI is InChI=1S/C21H33NO2/c1-14-6-9-22(10-7-14)13-17-16-11-18-15(2)5-4-8-21(18,3)12-19(16)24-20(17)23/h14,16-17,19H,4-13H2,1-3H3/t16-,17+,19+,21+/m1/s1. The van der Waals surface area contributed by atoms with Crippen LogP contribution in [0.5, 0.6) is 0 Å². The number of esters is 1. The van der Waals surface area contributed by atoms with E-state index in [9.17, 15) is 4.79 Å². The van der Waals surface area contributed by atoms with E-state index in [-0.39, 0.29) is 18.0 Å². The number of likely N-dealkylation sites (tertiary alicyclic amines) is 1. The van der Waals surface area contributed by atoms with Gasteiger partial charge in [0.15, 0.2) is 0 Å². The quantitative estimate of drug-likeness (QED) is 0.562. The normalized spacial score (nSPS) is 41.1. The minimum Gasteiger partial charge on any atom is -0.462 e. The lowest BCUT2D eigenvalue weighted by molar-refractivity contribution is -0.145. The maximum atomic E-state index is 12.6. The summed E-state index contributed by atoms with van der Waals surface area (Å²) < 4.78 is 5.90. The van der Waals surface area contributed by atoms with E-state index < -0.39 is 0 Å². The highest BCUT2D eigenvalue weighted by molar-refractivity contribution is 5.76. The van der Waals surface area contributed by atoms with E-state index in [4.69, 9.17) is 4.74 Å². The third kappa shape index (κ3) is 2.83. The Morgan fingerprint density at radius 2 is 2.04 bits per heavy atom. The van der Waals surface area contributed by atoms with Gasteiger partial charge in [0.05, 0.1) is 5.92 Å². The molecule has 134 valence electrons. The number of piperidine rings is 1. The smallest absolute Gasteiger partial charge is 0.310 e. The first-order valence-corrected chi connectivity index (χ1v) is 10.1. The van der Waals surface area contributed by atoms with Crippen molar-refractivity contribution in [2.45, 2.75) is 71.8 Å². The van der Waals surface area contributed by atoms with Crippen LogP contribution in [0.3, 0.4) is 0 Å². The second-order valence-corrected chi connectivity index (χ2v) is 9.31. The van der Waals surface area contributed by atoms with Crippen LogP contribution in [0.2, 0.25) is 0 Å². The third-order valence-corrected chi connectivity index (χ3v) is 7.51. The minimum atomic E-state index is 0.0871.